The highest BCUT2D eigenvalue weighted by atomic mass is 16.5. The Morgan fingerprint density at radius 3 is 3.19 bits per heavy atom. The molecule has 1 fully saturated rings. The Kier molecular flexibility index (Phi) is 4.17. The minimum absolute atomic E-state index is 0.795. The van der Waals surface area contributed by atoms with Crippen LogP contribution in [0.25, 0.3) is 0 Å². The van der Waals surface area contributed by atoms with Gasteiger partial charge in [-0.3, -0.25) is 4.98 Å². The molecule has 0 aliphatic carbocycles. The summed E-state index contributed by atoms with van der Waals surface area (Å²) in [7, 11) is 1.69. The van der Waals surface area contributed by atoms with E-state index in [1.165, 1.54) is 31.4 Å². The molecule has 1 aromatic rings. The number of nitrogens with zero attached hydrogens (tertiary/aromatic N) is 1. The number of nitrogens with one attached hydrogen (secondary N) is 1. The summed E-state index contributed by atoms with van der Waals surface area (Å²) in [6.45, 7) is 2.33. The summed E-state index contributed by atoms with van der Waals surface area (Å²) >= 11 is 0. The van der Waals surface area contributed by atoms with Crippen LogP contribution in [0.5, 0.6) is 5.75 Å². The second-order valence-electron chi connectivity index (χ2n) is 4.48. The minimum Gasteiger partial charge on any atom is -0.495 e. The summed E-state index contributed by atoms with van der Waals surface area (Å²) < 4.78 is 5.19. The first-order valence-electron chi connectivity index (χ1n) is 6.07. The van der Waals surface area contributed by atoms with Crippen LogP contribution >= 0.6 is 0 Å². The van der Waals surface area contributed by atoms with Crippen LogP contribution in [-0.2, 0) is 6.42 Å². The Bertz CT molecular complexity index is 319. The summed E-state index contributed by atoms with van der Waals surface area (Å²) in [5.41, 5.74) is 1.30. The maximum absolute atomic E-state index is 5.19. The number of pyridine rings is 1. The van der Waals surface area contributed by atoms with Crippen LogP contribution in [-0.4, -0.2) is 25.2 Å². The largest absolute Gasteiger partial charge is 0.495 e. The van der Waals surface area contributed by atoms with Gasteiger partial charge < -0.3 is 10.1 Å². The Morgan fingerprint density at radius 1 is 1.38 bits per heavy atom. The second-order valence-corrected chi connectivity index (χ2v) is 4.48. The quantitative estimate of drug-likeness (QED) is 0.846. The molecule has 16 heavy (non-hydrogen) atoms. The van der Waals surface area contributed by atoms with Crippen molar-refractivity contribution in [3.63, 3.8) is 0 Å². The van der Waals surface area contributed by atoms with Gasteiger partial charge in [0.1, 0.15) is 5.75 Å². The molecule has 0 radical (unpaired) electrons. The molecule has 1 aliphatic rings. The molecule has 3 nitrogen and oxygen atoms in total. The fourth-order valence-electron chi connectivity index (χ4n) is 2.32. The van der Waals surface area contributed by atoms with E-state index in [4.69, 9.17) is 4.74 Å². The van der Waals surface area contributed by atoms with Crippen molar-refractivity contribution in [1.82, 2.24) is 10.3 Å². The summed E-state index contributed by atoms with van der Waals surface area (Å²) in [5, 5.41) is 3.45. The first-order valence-corrected chi connectivity index (χ1v) is 6.07. The van der Waals surface area contributed by atoms with Gasteiger partial charge in [-0.05, 0) is 56.3 Å². The van der Waals surface area contributed by atoms with E-state index in [2.05, 4.69) is 16.4 Å². The molecule has 1 N–H and O–H groups in total. The number of methoxy groups -OCH3 is 1. The second kappa shape index (κ2) is 5.85. The summed E-state index contributed by atoms with van der Waals surface area (Å²) in [5.74, 6) is 1.66. The predicted molar refractivity (Wildman–Crippen MR) is 64.7 cm³/mol. The summed E-state index contributed by atoms with van der Waals surface area (Å²) in [6.07, 6.45) is 8.74. The average molecular weight is 220 g/mol. The fourth-order valence-corrected chi connectivity index (χ4v) is 2.32. The van der Waals surface area contributed by atoms with Crippen molar-refractivity contribution in [1.29, 1.82) is 0 Å². The van der Waals surface area contributed by atoms with E-state index in [1.54, 1.807) is 13.3 Å². The third-order valence-electron chi connectivity index (χ3n) is 3.23. The van der Waals surface area contributed by atoms with Crippen LogP contribution in [0.1, 0.15) is 24.8 Å². The lowest BCUT2D eigenvalue weighted by Gasteiger charge is -2.13. The average Bonchev–Trinajstić information content (AvgIpc) is 2.58. The van der Waals surface area contributed by atoms with Gasteiger partial charge in [-0.1, -0.05) is 0 Å². The lowest BCUT2D eigenvalue weighted by atomic mass is 9.93. The molecular weight excluding hydrogens is 200 g/mol. The molecule has 0 bridgehead atoms. The van der Waals surface area contributed by atoms with Gasteiger partial charge in [0.05, 0.1) is 13.3 Å². The van der Waals surface area contributed by atoms with E-state index in [-0.39, 0.29) is 0 Å². The zero-order chi connectivity index (χ0) is 11.2. The number of hydrogen-bond donors (Lipinski definition) is 1. The van der Waals surface area contributed by atoms with E-state index < -0.39 is 0 Å². The van der Waals surface area contributed by atoms with Crippen LogP contribution in [0, 0.1) is 5.92 Å². The maximum atomic E-state index is 5.19. The molecule has 1 aromatic heterocycles. The molecule has 1 unspecified atom stereocenters. The van der Waals surface area contributed by atoms with Crippen molar-refractivity contribution < 1.29 is 4.74 Å². The molecule has 1 saturated heterocycles. The van der Waals surface area contributed by atoms with Gasteiger partial charge in [-0.2, -0.15) is 0 Å². The topological polar surface area (TPSA) is 34.1 Å². The highest BCUT2D eigenvalue weighted by molar-refractivity contribution is 5.23. The van der Waals surface area contributed by atoms with Crippen molar-refractivity contribution in [3.8, 4) is 5.75 Å². The van der Waals surface area contributed by atoms with E-state index in [1.807, 2.05) is 6.20 Å². The van der Waals surface area contributed by atoms with Crippen LogP contribution in [0.4, 0.5) is 0 Å². The Hall–Kier alpha value is -1.09. The number of rotatable bonds is 3. The number of hydrogen-bond acceptors (Lipinski definition) is 3. The Morgan fingerprint density at radius 2 is 2.31 bits per heavy atom. The van der Waals surface area contributed by atoms with Crippen LogP contribution < -0.4 is 10.1 Å². The van der Waals surface area contributed by atoms with Gasteiger partial charge in [-0.15, -0.1) is 0 Å². The van der Waals surface area contributed by atoms with Gasteiger partial charge in [0.25, 0.3) is 0 Å². The molecule has 1 atom stereocenters. The van der Waals surface area contributed by atoms with Gasteiger partial charge in [0.2, 0.25) is 0 Å². The van der Waals surface area contributed by atoms with E-state index in [9.17, 15) is 0 Å². The minimum atomic E-state index is 0.795. The summed E-state index contributed by atoms with van der Waals surface area (Å²) in [6, 6.07) is 2.10. The molecule has 0 amide bonds. The van der Waals surface area contributed by atoms with Crippen molar-refractivity contribution in [2.24, 2.45) is 5.92 Å². The molecule has 0 aromatic carbocycles. The van der Waals surface area contributed by atoms with Crippen molar-refractivity contribution in [3.05, 3.63) is 24.0 Å². The van der Waals surface area contributed by atoms with Crippen LogP contribution in [0.2, 0.25) is 0 Å². The van der Waals surface area contributed by atoms with Gasteiger partial charge in [0, 0.05) is 6.20 Å². The standard InChI is InChI=1S/C13H20N2O/c1-16-13-8-12(9-15-10-13)7-11-3-2-5-14-6-4-11/h8-11,14H,2-7H2,1H3. The van der Waals surface area contributed by atoms with Crippen molar-refractivity contribution in [2.75, 3.05) is 20.2 Å². The Labute approximate surface area is 97.2 Å². The first-order chi connectivity index (χ1) is 7.88. The summed E-state index contributed by atoms with van der Waals surface area (Å²) in [4.78, 5) is 4.20. The highest BCUT2D eigenvalue weighted by Crippen LogP contribution is 2.20. The maximum Gasteiger partial charge on any atom is 0.137 e. The van der Waals surface area contributed by atoms with Crippen LogP contribution in [0.15, 0.2) is 18.5 Å². The molecule has 1 aliphatic heterocycles. The SMILES string of the molecule is COc1cncc(CC2CCCNCC2)c1. The lowest BCUT2D eigenvalue weighted by molar-refractivity contribution is 0.410. The van der Waals surface area contributed by atoms with E-state index in [0.717, 1.165) is 24.6 Å². The monoisotopic (exact) mass is 220 g/mol. The number of ether oxygens (including phenoxy) is 1. The highest BCUT2D eigenvalue weighted by Gasteiger charge is 2.12. The van der Waals surface area contributed by atoms with Gasteiger partial charge in [-0.25, -0.2) is 0 Å². The normalized spacial score (nSPS) is 21.4. The van der Waals surface area contributed by atoms with E-state index >= 15 is 0 Å². The zero-order valence-corrected chi connectivity index (χ0v) is 9.91. The smallest absolute Gasteiger partial charge is 0.137 e. The third kappa shape index (κ3) is 3.20. The molecule has 0 spiro atoms. The molecule has 3 heteroatoms. The Balaban J connectivity index is 1.96. The fraction of sp³-hybridized carbons (Fsp3) is 0.615. The number of aromatic nitrogens is 1. The predicted octanol–water partition coefficient (Wildman–Crippen LogP) is 2.02. The zero-order valence-electron chi connectivity index (χ0n) is 9.91. The van der Waals surface area contributed by atoms with Gasteiger partial charge >= 0.3 is 0 Å². The molecular formula is C13H20N2O. The third-order valence-corrected chi connectivity index (χ3v) is 3.23. The van der Waals surface area contributed by atoms with Crippen LogP contribution in [0.3, 0.4) is 0 Å². The molecule has 0 saturated carbocycles. The first kappa shape index (κ1) is 11.4. The molecule has 88 valence electrons. The molecule has 2 rings (SSSR count). The lowest BCUT2D eigenvalue weighted by Crippen LogP contribution is -2.14. The molecule has 2 heterocycles. The van der Waals surface area contributed by atoms with E-state index in [0.29, 0.717) is 0 Å². The van der Waals surface area contributed by atoms with Gasteiger partial charge in [0.15, 0.2) is 0 Å². The van der Waals surface area contributed by atoms with Crippen molar-refractivity contribution in [2.45, 2.75) is 25.7 Å². The van der Waals surface area contributed by atoms with Crippen molar-refractivity contribution >= 4 is 0 Å².